The highest BCUT2D eigenvalue weighted by Crippen LogP contribution is 2.40. The lowest BCUT2D eigenvalue weighted by molar-refractivity contribution is -0.129. The maximum absolute atomic E-state index is 12.1. The second kappa shape index (κ2) is 8.02. The molecule has 3 heterocycles. The normalized spacial score (nSPS) is 23.3. The number of halogens is 2. The molecular formula is C19H25F2N5O. The van der Waals surface area contributed by atoms with Gasteiger partial charge in [0.2, 0.25) is 11.8 Å². The van der Waals surface area contributed by atoms with Gasteiger partial charge in [-0.25, -0.2) is 18.7 Å². The van der Waals surface area contributed by atoms with Crippen molar-refractivity contribution in [2.75, 3.05) is 11.9 Å². The molecule has 0 bridgehead atoms. The van der Waals surface area contributed by atoms with Gasteiger partial charge in [-0.1, -0.05) is 13.5 Å². The van der Waals surface area contributed by atoms with Crippen LogP contribution in [-0.2, 0) is 4.79 Å². The molecule has 0 aromatic carbocycles. The number of rotatable bonds is 4. The second-order valence-corrected chi connectivity index (χ2v) is 6.99. The van der Waals surface area contributed by atoms with Gasteiger partial charge in [0, 0.05) is 37.7 Å². The van der Waals surface area contributed by atoms with Gasteiger partial charge >= 0.3 is 0 Å². The number of aromatic amines is 1. The van der Waals surface area contributed by atoms with E-state index in [1.807, 2.05) is 17.2 Å². The fraction of sp³-hybridized carbons (Fsp3) is 0.526. The zero-order valence-electron chi connectivity index (χ0n) is 15.4. The number of likely N-dealkylation sites (tertiary alicyclic amines) is 1. The van der Waals surface area contributed by atoms with Crippen molar-refractivity contribution < 1.29 is 13.6 Å². The van der Waals surface area contributed by atoms with E-state index in [0.717, 1.165) is 36.1 Å². The minimum Gasteiger partial charge on any atom is -0.365 e. The minimum absolute atomic E-state index is 0.00725. The van der Waals surface area contributed by atoms with Crippen molar-refractivity contribution in [2.45, 2.75) is 57.0 Å². The van der Waals surface area contributed by atoms with E-state index in [-0.39, 0.29) is 24.8 Å². The molecule has 2 aliphatic rings. The predicted molar refractivity (Wildman–Crippen MR) is 101 cm³/mol. The monoisotopic (exact) mass is 377 g/mol. The summed E-state index contributed by atoms with van der Waals surface area (Å²) in [7, 11) is 0. The predicted octanol–water partition coefficient (Wildman–Crippen LogP) is 3.74. The topological polar surface area (TPSA) is 73.9 Å². The van der Waals surface area contributed by atoms with Crippen molar-refractivity contribution in [1.82, 2.24) is 19.9 Å². The number of H-pyrrole nitrogens is 1. The Balaban J connectivity index is 0.000000364. The highest BCUT2D eigenvalue weighted by Gasteiger charge is 2.43. The third-order valence-electron chi connectivity index (χ3n) is 4.96. The Morgan fingerprint density at radius 3 is 2.81 bits per heavy atom. The summed E-state index contributed by atoms with van der Waals surface area (Å²) in [5.41, 5.74) is 0.818. The summed E-state index contributed by atoms with van der Waals surface area (Å²) in [5, 5.41) is 4.44. The van der Waals surface area contributed by atoms with Gasteiger partial charge < -0.3 is 15.2 Å². The second-order valence-electron chi connectivity index (χ2n) is 6.99. The van der Waals surface area contributed by atoms with Gasteiger partial charge in [0.15, 0.2) is 0 Å². The molecule has 2 fully saturated rings. The molecule has 8 heteroatoms. The van der Waals surface area contributed by atoms with Gasteiger partial charge in [-0.2, -0.15) is 0 Å². The van der Waals surface area contributed by atoms with Crippen molar-refractivity contribution in [2.24, 2.45) is 0 Å². The van der Waals surface area contributed by atoms with E-state index in [4.69, 9.17) is 0 Å². The van der Waals surface area contributed by atoms with Gasteiger partial charge in [-0.15, -0.1) is 0 Å². The zero-order chi connectivity index (χ0) is 19.4. The van der Waals surface area contributed by atoms with E-state index in [9.17, 15) is 13.6 Å². The highest BCUT2D eigenvalue weighted by atomic mass is 19.3. The third kappa shape index (κ3) is 4.81. The number of alkyl halides is 2. The lowest BCUT2D eigenvalue weighted by Crippen LogP contribution is -2.50. The first kappa shape index (κ1) is 19.3. The first-order valence-corrected chi connectivity index (χ1v) is 9.29. The minimum atomic E-state index is -2.25. The third-order valence-corrected chi connectivity index (χ3v) is 4.96. The Labute approximate surface area is 157 Å². The van der Waals surface area contributed by atoms with Gasteiger partial charge in [0.1, 0.15) is 17.8 Å². The number of nitrogens with zero attached hydrogens (tertiary/aromatic N) is 3. The number of anilines is 1. The van der Waals surface area contributed by atoms with E-state index in [1.165, 1.54) is 6.08 Å². The van der Waals surface area contributed by atoms with Crippen molar-refractivity contribution in [1.29, 1.82) is 0 Å². The summed E-state index contributed by atoms with van der Waals surface area (Å²) < 4.78 is 22.3. The molecule has 2 N–H and O–H groups in total. The number of hydrogen-bond acceptors (Lipinski definition) is 4. The maximum Gasteiger partial charge on any atom is 0.248 e. The molecule has 6 nitrogen and oxygen atoms in total. The molecular weight excluding hydrogens is 352 g/mol. The summed E-state index contributed by atoms with van der Waals surface area (Å²) in [6, 6.07) is 2.46. The summed E-state index contributed by atoms with van der Waals surface area (Å²) >= 11 is 0. The molecule has 146 valence electrons. The number of hydrogen-bond donors (Lipinski definition) is 2. The van der Waals surface area contributed by atoms with Crippen LogP contribution in [-0.4, -0.2) is 50.3 Å². The van der Waals surface area contributed by atoms with Crippen molar-refractivity contribution in [3.05, 3.63) is 31.2 Å². The molecule has 1 aliphatic carbocycles. The highest BCUT2D eigenvalue weighted by molar-refractivity contribution is 5.88. The van der Waals surface area contributed by atoms with Crippen molar-refractivity contribution in [3.63, 3.8) is 0 Å². The lowest BCUT2D eigenvalue weighted by Gasteiger charge is -2.39. The lowest BCUT2D eigenvalue weighted by atomic mass is 9.96. The first-order chi connectivity index (χ1) is 12.9. The van der Waals surface area contributed by atoms with Crippen LogP contribution in [0.15, 0.2) is 31.2 Å². The molecule has 1 aliphatic heterocycles. The molecule has 2 atom stereocenters. The van der Waals surface area contributed by atoms with E-state index < -0.39 is 5.92 Å². The molecule has 2 aromatic rings. The molecule has 1 saturated carbocycles. The molecule has 4 rings (SSSR count). The fourth-order valence-corrected chi connectivity index (χ4v) is 3.23. The Hall–Kier alpha value is -2.51. The van der Waals surface area contributed by atoms with Crippen LogP contribution < -0.4 is 5.32 Å². The molecule has 2 unspecified atom stereocenters. The molecule has 1 saturated heterocycles. The Morgan fingerprint density at radius 1 is 1.44 bits per heavy atom. The number of carbonyl (C=O) groups is 1. The van der Waals surface area contributed by atoms with Crippen LogP contribution in [0.4, 0.5) is 14.6 Å². The number of piperidine rings is 1. The fourth-order valence-electron chi connectivity index (χ4n) is 3.23. The number of aromatic nitrogens is 3. The molecule has 1 amide bonds. The van der Waals surface area contributed by atoms with Crippen LogP contribution in [0.1, 0.15) is 39.0 Å². The van der Waals surface area contributed by atoms with Gasteiger partial charge in [-0.05, 0) is 31.4 Å². The van der Waals surface area contributed by atoms with Crippen molar-refractivity contribution >= 4 is 22.8 Å². The Bertz CT molecular complexity index is 800. The summed E-state index contributed by atoms with van der Waals surface area (Å²) in [6.45, 7) is 6.41. The molecule has 0 radical (unpaired) electrons. The van der Waals surface area contributed by atoms with Crippen LogP contribution in [0.3, 0.4) is 0 Å². The molecule has 2 aromatic heterocycles. The average Bonchev–Trinajstić information content (AvgIpc) is 3.17. The smallest absolute Gasteiger partial charge is 0.248 e. The zero-order valence-corrected chi connectivity index (χ0v) is 15.4. The van der Waals surface area contributed by atoms with Crippen LogP contribution in [0, 0.1) is 0 Å². The van der Waals surface area contributed by atoms with E-state index in [2.05, 4.69) is 33.8 Å². The number of carbonyl (C=O) groups excluding carboxylic acids is 1. The van der Waals surface area contributed by atoms with Crippen LogP contribution >= 0.6 is 0 Å². The Kier molecular flexibility index (Phi) is 5.72. The van der Waals surface area contributed by atoms with E-state index >= 15 is 0 Å². The van der Waals surface area contributed by atoms with Gasteiger partial charge in [-0.3, -0.25) is 4.79 Å². The van der Waals surface area contributed by atoms with Crippen LogP contribution in [0.25, 0.3) is 11.0 Å². The van der Waals surface area contributed by atoms with Gasteiger partial charge in [0.25, 0.3) is 0 Å². The average molecular weight is 377 g/mol. The Morgan fingerprint density at radius 2 is 2.19 bits per heavy atom. The summed E-state index contributed by atoms with van der Waals surface area (Å²) in [6.07, 6.45) is 8.03. The SMILES string of the molecule is C=CC(=O)N1CC(Nc2ncnc3[nH]ccc23)CCC1CC.FC1(F)CC1. The maximum atomic E-state index is 12.1. The van der Waals surface area contributed by atoms with Crippen LogP contribution in [0.2, 0.25) is 0 Å². The summed E-state index contributed by atoms with van der Waals surface area (Å²) in [4.78, 5) is 25.6. The number of nitrogens with one attached hydrogen (secondary N) is 2. The molecule has 0 spiro atoms. The first-order valence-electron chi connectivity index (χ1n) is 9.29. The summed E-state index contributed by atoms with van der Waals surface area (Å²) in [5.74, 6) is -1.43. The number of fused-ring (bicyclic) bond motifs is 1. The van der Waals surface area contributed by atoms with Gasteiger partial charge in [0.05, 0.1) is 5.39 Å². The molecule has 27 heavy (non-hydrogen) atoms. The van der Waals surface area contributed by atoms with E-state index in [1.54, 1.807) is 6.33 Å². The standard InChI is InChI=1S/C16H21N5O.C3H4F2/c1-3-12-6-5-11(9-21(12)14(22)4-2)20-16-13-7-8-17-15(13)18-10-19-16;4-3(5)1-2-3/h4,7-8,10-12H,2-3,5-6,9H2,1H3,(H2,17,18,19,20);1-2H2. The largest absolute Gasteiger partial charge is 0.365 e. The quantitative estimate of drug-likeness (QED) is 0.796. The van der Waals surface area contributed by atoms with E-state index in [0.29, 0.717) is 12.6 Å². The van der Waals surface area contributed by atoms with Crippen LogP contribution in [0.5, 0.6) is 0 Å². The van der Waals surface area contributed by atoms with Crippen molar-refractivity contribution in [3.8, 4) is 0 Å². The number of amides is 1.